The lowest BCUT2D eigenvalue weighted by molar-refractivity contribution is 0.0791. The van der Waals surface area contributed by atoms with E-state index >= 15 is 0 Å². The number of halogens is 1. The quantitative estimate of drug-likeness (QED) is 0.864. The summed E-state index contributed by atoms with van der Waals surface area (Å²) < 4.78 is 0. The highest BCUT2D eigenvalue weighted by Gasteiger charge is 2.15. The number of amides is 1. The predicted molar refractivity (Wildman–Crippen MR) is 68.1 cm³/mol. The largest absolute Gasteiger partial charge is 0.507 e. The van der Waals surface area contributed by atoms with E-state index in [-0.39, 0.29) is 11.7 Å². The fourth-order valence-corrected chi connectivity index (χ4v) is 1.54. The first-order valence-electron chi connectivity index (χ1n) is 5.20. The van der Waals surface area contributed by atoms with Crippen molar-refractivity contribution in [3.63, 3.8) is 0 Å². The molecule has 1 N–H and O–H groups in total. The maximum atomic E-state index is 11.9. The molecule has 0 spiro atoms. The average Bonchev–Trinajstić information content (AvgIpc) is 2.25. The first-order chi connectivity index (χ1) is 7.52. The van der Waals surface area contributed by atoms with E-state index in [9.17, 15) is 9.90 Å². The van der Waals surface area contributed by atoms with Gasteiger partial charge in [0.05, 0.1) is 5.56 Å². The minimum Gasteiger partial charge on any atom is -0.507 e. The lowest BCUT2D eigenvalue weighted by atomic mass is 10.1. The third-order valence-corrected chi connectivity index (χ3v) is 2.80. The molecule has 0 aliphatic rings. The minimum atomic E-state index is -0.147. The van der Waals surface area contributed by atoms with E-state index in [0.717, 1.165) is 6.42 Å². The van der Waals surface area contributed by atoms with Crippen LogP contribution in [0.4, 0.5) is 0 Å². The Balaban J connectivity index is 2.67. The summed E-state index contributed by atoms with van der Waals surface area (Å²) in [5, 5.41) is 9.55. The van der Waals surface area contributed by atoms with Crippen LogP contribution < -0.4 is 0 Å². The molecule has 3 nitrogen and oxygen atoms in total. The van der Waals surface area contributed by atoms with Crippen molar-refractivity contribution in [3.8, 4) is 5.75 Å². The average molecular weight is 286 g/mol. The monoisotopic (exact) mass is 285 g/mol. The van der Waals surface area contributed by atoms with Gasteiger partial charge in [0, 0.05) is 18.4 Å². The van der Waals surface area contributed by atoms with Gasteiger partial charge in [-0.15, -0.1) is 0 Å². The summed E-state index contributed by atoms with van der Waals surface area (Å²) in [6, 6.07) is 6.60. The van der Waals surface area contributed by atoms with Gasteiger partial charge in [-0.1, -0.05) is 35.0 Å². The molecular formula is C12H16BrNO2. The highest BCUT2D eigenvalue weighted by molar-refractivity contribution is 9.09. The van der Waals surface area contributed by atoms with E-state index in [1.165, 1.54) is 6.07 Å². The summed E-state index contributed by atoms with van der Waals surface area (Å²) in [6.45, 7) is 2.71. The highest BCUT2D eigenvalue weighted by atomic mass is 79.9. The molecule has 88 valence electrons. The van der Waals surface area contributed by atoms with E-state index < -0.39 is 0 Å². The molecule has 0 aliphatic carbocycles. The molecule has 1 rings (SSSR count). The molecule has 1 aromatic carbocycles. The van der Waals surface area contributed by atoms with Crippen molar-refractivity contribution in [1.29, 1.82) is 0 Å². The number of hydrogen-bond donors (Lipinski definition) is 1. The number of hydrogen-bond acceptors (Lipinski definition) is 2. The van der Waals surface area contributed by atoms with E-state index in [0.29, 0.717) is 16.9 Å². The van der Waals surface area contributed by atoms with Gasteiger partial charge in [0.15, 0.2) is 0 Å². The fourth-order valence-electron chi connectivity index (χ4n) is 1.33. The summed E-state index contributed by atoms with van der Waals surface area (Å²) in [7, 11) is 1.74. The van der Waals surface area contributed by atoms with Crippen molar-refractivity contribution in [2.75, 3.05) is 13.6 Å². The second-order valence-corrected chi connectivity index (χ2v) is 5.38. The molecule has 16 heavy (non-hydrogen) atoms. The lowest BCUT2D eigenvalue weighted by Gasteiger charge is -2.18. The van der Waals surface area contributed by atoms with Gasteiger partial charge >= 0.3 is 0 Å². The first kappa shape index (κ1) is 13.0. The van der Waals surface area contributed by atoms with Crippen LogP contribution in [0.3, 0.4) is 0 Å². The minimum absolute atomic E-state index is 0.0336. The molecule has 1 aromatic rings. The number of para-hydroxylation sites is 1. The molecule has 0 aliphatic heterocycles. The van der Waals surface area contributed by atoms with Gasteiger partial charge in [-0.25, -0.2) is 0 Å². The number of carbonyl (C=O) groups is 1. The molecule has 0 saturated heterocycles. The Bertz CT molecular complexity index is 366. The van der Waals surface area contributed by atoms with Gasteiger partial charge in [0.1, 0.15) is 5.75 Å². The lowest BCUT2D eigenvalue weighted by Crippen LogP contribution is -2.28. The van der Waals surface area contributed by atoms with Crippen molar-refractivity contribution in [2.45, 2.75) is 18.2 Å². The van der Waals surface area contributed by atoms with Gasteiger partial charge in [-0.2, -0.15) is 0 Å². The number of alkyl halides is 1. The van der Waals surface area contributed by atoms with Crippen molar-refractivity contribution in [1.82, 2.24) is 4.90 Å². The number of benzene rings is 1. The van der Waals surface area contributed by atoms with Crippen molar-refractivity contribution >= 4 is 21.8 Å². The molecule has 1 atom stereocenters. The zero-order valence-corrected chi connectivity index (χ0v) is 11.1. The van der Waals surface area contributed by atoms with E-state index in [1.54, 1.807) is 30.1 Å². The molecule has 1 amide bonds. The van der Waals surface area contributed by atoms with Crippen LogP contribution in [0.25, 0.3) is 0 Å². The maximum Gasteiger partial charge on any atom is 0.257 e. The Labute approximate surface area is 104 Å². The van der Waals surface area contributed by atoms with Gasteiger partial charge in [0.25, 0.3) is 5.91 Å². The van der Waals surface area contributed by atoms with Gasteiger partial charge in [0.2, 0.25) is 0 Å². The smallest absolute Gasteiger partial charge is 0.257 e. The Kier molecular flexibility index (Phi) is 4.80. The Morgan fingerprint density at radius 2 is 2.12 bits per heavy atom. The predicted octanol–water partition coefficient (Wildman–Crippen LogP) is 2.64. The van der Waals surface area contributed by atoms with Crippen molar-refractivity contribution < 1.29 is 9.90 Å². The topological polar surface area (TPSA) is 40.5 Å². The van der Waals surface area contributed by atoms with Crippen LogP contribution in [-0.2, 0) is 0 Å². The first-order valence-corrected chi connectivity index (χ1v) is 6.11. The van der Waals surface area contributed by atoms with Crippen LogP contribution in [0, 0.1) is 0 Å². The van der Waals surface area contributed by atoms with Crippen LogP contribution >= 0.6 is 15.9 Å². The van der Waals surface area contributed by atoms with Gasteiger partial charge in [-0.05, 0) is 18.6 Å². The number of carbonyl (C=O) groups excluding carboxylic acids is 1. The van der Waals surface area contributed by atoms with Crippen LogP contribution in [0.15, 0.2) is 24.3 Å². The van der Waals surface area contributed by atoms with Gasteiger partial charge in [-0.3, -0.25) is 4.79 Å². The number of phenols is 1. The summed E-state index contributed by atoms with van der Waals surface area (Å²) in [4.78, 5) is 13.9. The Morgan fingerprint density at radius 1 is 1.50 bits per heavy atom. The van der Waals surface area contributed by atoms with Crippen LogP contribution in [0.5, 0.6) is 5.75 Å². The van der Waals surface area contributed by atoms with Crippen LogP contribution in [0.2, 0.25) is 0 Å². The normalized spacial score (nSPS) is 12.2. The van der Waals surface area contributed by atoms with E-state index in [2.05, 4.69) is 15.9 Å². The Morgan fingerprint density at radius 3 is 2.69 bits per heavy atom. The molecule has 0 fully saturated rings. The zero-order valence-electron chi connectivity index (χ0n) is 9.48. The molecule has 0 heterocycles. The summed E-state index contributed by atoms with van der Waals surface area (Å²) in [6.07, 6.45) is 0.885. The summed E-state index contributed by atoms with van der Waals surface area (Å²) in [5.74, 6) is -0.113. The SMILES string of the molecule is CC(Br)CCN(C)C(=O)c1ccccc1O. The fraction of sp³-hybridized carbons (Fsp3) is 0.417. The van der Waals surface area contributed by atoms with Crippen molar-refractivity contribution in [2.24, 2.45) is 0 Å². The van der Waals surface area contributed by atoms with Crippen molar-refractivity contribution in [3.05, 3.63) is 29.8 Å². The zero-order chi connectivity index (χ0) is 12.1. The molecule has 0 bridgehead atoms. The summed E-state index contributed by atoms with van der Waals surface area (Å²) >= 11 is 3.44. The van der Waals surface area contributed by atoms with Crippen LogP contribution in [0.1, 0.15) is 23.7 Å². The second-order valence-electron chi connectivity index (χ2n) is 3.81. The number of rotatable bonds is 4. The second kappa shape index (κ2) is 5.89. The molecule has 0 saturated carbocycles. The number of nitrogens with zero attached hydrogens (tertiary/aromatic N) is 1. The highest BCUT2D eigenvalue weighted by Crippen LogP contribution is 2.17. The molecule has 0 radical (unpaired) electrons. The van der Waals surface area contributed by atoms with E-state index in [4.69, 9.17) is 0 Å². The third kappa shape index (κ3) is 3.52. The molecule has 0 aromatic heterocycles. The number of phenolic OH excluding ortho intramolecular Hbond substituents is 1. The van der Waals surface area contributed by atoms with Crippen LogP contribution in [-0.4, -0.2) is 34.3 Å². The van der Waals surface area contributed by atoms with E-state index in [1.807, 2.05) is 6.92 Å². The van der Waals surface area contributed by atoms with Gasteiger partial charge < -0.3 is 10.0 Å². The standard InChI is InChI=1S/C12H16BrNO2/c1-9(13)7-8-14(2)12(16)10-5-3-4-6-11(10)15/h3-6,9,15H,7-8H2,1-2H3. The summed E-state index contributed by atoms with van der Waals surface area (Å²) in [5.41, 5.74) is 0.354. The molecule has 1 unspecified atom stereocenters. The third-order valence-electron chi connectivity index (χ3n) is 2.34. The Hall–Kier alpha value is -1.03. The maximum absolute atomic E-state index is 11.9. The molecular weight excluding hydrogens is 270 g/mol. The molecule has 4 heteroatoms. The number of aromatic hydroxyl groups is 1.